The molecule has 146 valence electrons. The summed E-state index contributed by atoms with van der Waals surface area (Å²) in [5.74, 6) is -0.548. The molecule has 1 fully saturated rings. The fraction of sp³-hybridized carbons (Fsp3) is 0.318. The molecule has 1 saturated heterocycles. The number of ether oxygens (including phenoxy) is 2. The van der Waals surface area contributed by atoms with Gasteiger partial charge >= 0.3 is 11.9 Å². The van der Waals surface area contributed by atoms with Crippen molar-refractivity contribution >= 4 is 17.8 Å². The van der Waals surface area contributed by atoms with Gasteiger partial charge in [-0.05, 0) is 55.2 Å². The van der Waals surface area contributed by atoms with E-state index in [1.807, 2.05) is 24.3 Å². The minimum absolute atomic E-state index is 0.143. The molecule has 0 radical (unpaired) electrons. The van der Waals surface area contributed by atoms with Crippen molar-refractivity contribution < 1.29 is 23.9 Å². The van der Waals surface area contributed by atoms with Crippen molar-refractivity contribution in [1.29, 1.82) is 0 Å². The first-order valence-electron chi connectivity index (χ1n) is 9.33. The summed E-state index contributed by atoms with van der Waals surface area (Å²) in [4.78, 5) is 37.3. The first-order chi connectivity index (χ1) is 13.4. The Balaban J connectivity index is 1.62. The third kappa shape index (κ3) is 4.76. The summed E-state index contributed by atoms with van der Waals surface area (Å²) in [6, 6.07) is 14.1. The Morgan fingerprint density at radius 2 is 1.43 bits per heavy atom. The summed E-state index contributed by atoms with van der Waals surface area (Å²) in [6.07, 6.45) is 1.20. The molecule has 0 aliphatic carbocycles. The topological polar surface area (TPSA) is 72.9 Å². The third-order valence-corrected chi connectivity index (χ3v) is 4.62. The molecular formula is C22H23NO5. The van der Waals surface area contributed by atoms with Gasteiger partial charge in [-0.2, -0.15) is 0 Å². The van der Waals surface area contributed by atoms with Crippen LogP contribution in [-0.4, -0.2) is 41.9 Å². The van der Waals surface area contributed by atoms with E-state index >= 15 is 0 Å². The Hall–Kier alpha value is -3.15. The number of hydrogen-bond acceptors (Lipinski definition) is 5. The van der Waals surface area contributed by atoms with Crippen LogP contribution < -0.4 is 4.74 Å². The van der Waals surface area contributed by atoms with E-state index in [-0.39, 0.29) is 11.9 Å². The fourth-order valence-electron chi connectivity index (χ4n) is 3.15. The van der Waals surface area contributed by atoms with Gasteiger partial charge in [-0.15, -0.1) is 0 Å². The van der Waals surface area contributed by atoms with Crippen LogP contribution in [0.1, 0.15) is 37.0 Å². The van der Waals surface area contributed by atoms with E-state index in [1.165, 1.54) is 6.92 Å². The van der Waals surface area contributed by atoms with Crippen molar-refractivity contribution in [3.8, 4) is 16.9 Å². The number of likely N-dealkylation sites (tertiary alicyclic amines) is 1. The van der Waals surface area contributed by atoms with Crippen LogP contribution >= 0.6 is 0 Å². The van der Waals surface area contributed by atoms with E-state index in [2.05, 4.69) is 0 Å². The molecule has 2 aromatic carbocycles. The van der Waals surface area contributed by atoms with Crippen molar-refractivity contribution in [3.05, 3.63) is 54.1 Å². The number of amides is 1. The minimum Gasteiger partial charge on any atom is -0.449 e. The first kappa shape index (κ1) is 19.6. The van der Waals surface area contributed by atoms with Gasteiger partial charge in [0.25, 0.3) is 5.91 Å². The molecule has 6 heteroatoms. The normalized spacial score (nSPS) is 14.4. The summed E-state index contributed by atoms with van der Waals surface area (Å²) >= 11 is 0. The highest BCUT2D eigenvalue weighted by atomic mass is 16.5. The second kappa shape index (κ2) is 8.69. The van der Waals surface area contributed by atoms with Crippen LogP contribution in [-0.2, 0) is 14.3 Å². The summed E-state index contributed by atoms with van der Waals surface area (Å²) < 4.78 is 10.3. The fourth-order valence-corrected chi connectivity index (χ4v) is 3.15. The van der Waals surface area contributed by atoms with Gasteiger partial charge in [0.05, 0.1) is 5.56 Å². The van der Waals surface area contributed by atoms with Gasteiger partial charge in [-0.25, -0.2) is 4.79 Å². The van der Waals surface area contributed by atoms with E-state index < -0.39 is 12.1 Å². The van der Waals surface area contributed by atoms with Crippen LogP contribution in [0.4, 0.5) is 0 Å². The van der Waals surface area contributed by atoms with Gasteiger partial charge in [-0.3, -0.25) is 9.59 Å². The maximum Gasteiger partial charge on any atom is 0.338 e. The second-order valence-electron chi connectivity index (χ2n) is 6.78. The lowest BCUT2D eigenvalue weighted by Crippen LogP contribution is -2.38. The maximum atomic E-state index is 12.3. The van der Waals surface area contributed by atoms with E-state index in [4.69, 9.17) is 9.47 Å². The highest BCUT2D eigenvalue weighted by Crippen LogP contribution is 2.23. The smallest absolute Gasteiger partial charge is 0.338 e. The minimum atomic E-state index is -0.793. The number of nitrogens with zero attached hydrogens (tertiary/aromatic N) is 1. The molecule has 28 heavy (non-hydrogen) atoms. The van der Waals surface area contributed by atoms with Gasteiger partial charge in [0.15, 0.2) is 6.10 Å². The van der Waals surface area contributed by atoms with E-state index in [9.17, 15) is 14.4 Å². The SMILES string of the molecule is CC(=O)Oc1ccc(-c2ccc(C(=O)O[C@H](C)C(=O)N3CCCC3)cc2)cc1. The average molecular weight is 381 g/mol. The maximum absolute atomic E-state index is 12.3. The van der Waals surface area contributed by atoms with Crippen molar-refractivity contribution in [2.24, 2.45) is 0 Å². The summed E-state index contributed by atoms with van der Waals surface area (Å²) in [5, 5.41) is 0. The molecule has 6 nitrogen and oxygen atoms in total. The zero-order valence-electron chi connectivity index (χ0n) is 16.0. The lowest BCUT2D eigenvalue weighted by molar-refractivity contribution is -0.138. The lowest BCUT2D eigenvalue weighted by Gasteiger charge is -2.20. The Morgan fingerprint density at radius 3 is 1.96 bits per heavy atom. The molecule has 1 aliphatic rings. The quantitative estimate of drug-likeness (QED) is 0.586. The molecule has 1 aliphatic heterocycles. The number of carbonyl (C=O) groups is 3. The highest BCUT2D eigenvalue weighted by Gasteiger charge is 2.26. The van der Waals surface area contributed by atoms with Crippen LogP contribution in [0.2, 0.25) is 0 Å². The standard InChI is InChI=1S/C22H23NO5/c1-15(21(25)23-13-3-4-14-23)27-22(26)19-7-5-17(6-8-19)18-9-11-20(12-10-18)28-16(2)24/h5-12,15H,3-4,13-14H2,1-2H3/t15-/m1/s1. The summed E-state index contributed by atoms with van der Waals surface area (Å²) in [7, 11) is 0. The van der Waals surface area contributed by atoms with E-state index in [0.717, 1.165) is 37.1 Å². The Morgan fingerprint density at radius 1 is 0.893 bits per heavy atom. The van der Waals surface area contributed by atoms with Crippen LogP contribution in [0.3, 0.4) is 0 Å². The Kier molecular flexibility index (Phi) is 6.09. The van der Waals surface area contributed by atoms with Crippen molar-refractivity contribution in [1.82, 2.24) is 4.90 Å². The van der Waals surface area contributed by atoms with Gasteiger partial charge < -0.3 is 14.4 Å². The van der Waals surface area contributed by atoms with Crippen molar-refractivity contribution in [2.45, 2.75) is 32.8 Å². The molecule has 3 rings (SSSR count). The monoisotopic (exact) mass is 381 g/mol. The molecule has 0 bridgehead atoms. The zero-order chi connectivity index (χ0) is 20.1. The molecular weight excluding hydrogens is 358 g/mol. The molecule has 0 aromatic heterocycles. The summed E-state index contributed by atoms with van der Waals surface area (Å²) in [5.41, 5.74) is 2.22. The Labute approximate surface area is 164 Å². The van der Waals surface area contributed by atoms with Crippen molar-refractivity contribution in [3.63, 3.8) is 0 Å². The van der Waals surface area contributed by atoms with Crippen LogP contribution in [0.5, 0.6) is 5.75 Å². The first-order valence-corrected chi connectivity index (χ1v) is 9.33. The molecule has 0 saturated carbocycles. The van der Waals surface area contributed by atoms with Crippen LogP contribution in [0, 0.1) is 0 Å². The van der Waals surface area contributed by atoms with Gasteiger partial charge in [0.1, 0.15) is 5.75 Å². The molecule has 0 N–H and O–H groups in total. The Bertz CT molecular complexity index is 852. The molecule has 1 heterocycles. The largest absolute Gasteiger partial charge is 0.449 e. The van der Waals surface area contributed by atoms with Gasteiger partial charge in [-0.1, -0.05) is 24.3 Å². The number of rotatable bonds is 5. The van der Waals surface area contributed by atoms with Crippen LogP contribution in [0.15, 0.2) is 48.5 Å². The highest BCUT2D eigenvalue weighted by molar-refractivity contribution is 5.92. The van der Waals surface area contributed by atoms with E-state index in [1.54, 1.807) is 36.1 Å². The lowest BCUT2D eigenvalue weighted by atomic mass is 10.0. The zero-order valence-corrected chi connectivity index (χ0v) is 16.0. The number of hydrogen-bond donors (Lipinski definition) is 0. The number of esters is 2. The molecule has 2 aromatic rings. The molecule has 1 amide bonds. The number of benzene rings is 2. The molecule has 1 atom stereocenters. The third-order valence-electron chi connectivity index (χ3n) is 4.62. The molecule has 0 unspecified atom stereocenters. The van der Waals surface area contributed by atoms with Gasteiger partial charge in [0, 0.05) is 20.0 Å². The average Bonchev–Trinajstić information content (AvgIpc) is 3.22. The predicted molar refractivity (Wildman–Crippen MR) is 104 cm³/mol. The second-order valence-corrected chi connectivity index (χ2v) is 6.78. The predicted octanol–water partition coefficient (Wildman–Crippen LogP) is 3.45. The molecule has 0 spiro atoms. The van der Waals surface area contributed by atoms with Gasteiger partial charge in [0.2, 0.25) is 0 Å². The summed E-state index contributed by atoms with van der Waals surface area (Å²) in [6.45, 7) is 4.42. The van der Waals surface area contributed by atoms with Crippen LogP contribution in [0.25, 0.3) is 11.1 Å². The van der Waals surface area contributed by atoms with Crippen molar-refractivity contribution in [2.75, 3.05) is 13.1 Å². The number of carbonyl (C=O) groups excluding carboxylic acids is 3. The van der Waals surface area contributed by atoms with E-state index in [0.29, 0.717) is 11.3 Å².